The maximum Gasteiger partial charge on any atom is 0.306 e. The molecule has 0 fully saturated rings. The normalized spacial score (nSPS) is 12.4. The van der Waals surface area contributed by atoms with Gasteiger partial charge in [-0.1, -0.05) is 30.3 Å². The number of benzene rings is 1. The third kappa shape index (κ3) is 2.87. The van der Waals surface area contributed by atoms with Crippen molar-refractivity contribution in [1.82, 2.24) is 0 Å². The van der Waals surface area contributed by atoms with Crippen molar-refractivity contribution in [2.75, 3.05) is 7.11 Å². The quantitative estimate of drug-likeness (QED) is 0.769. The van der Waals surface area contributed by atoms with E-state index in [-0.39, 0.29) is 12.5 Å². The fraction of sp³-hybridized carbons (Fsp3) is 0.300. The molecule has 3 nitrogen and oxygen atoms in total. The molecule has 1 atom stereocenters. The van der Waals surface area contributed by atoms with E-state index in [1.54, 1.807) is 0 Å². The first-order chi connectivity index (χ1) is 6.24. The van der Waals surface area contributed by atoms with Crippen LogP contribution in [0.25, 0.3) is 0 Å². The van der Waals surface area contributed by atoms with E-state index >= 15 is 0 Å². The highest BCUT2D eigenvalue weighted by Crippen LogP contribution is 2.19. The summed E-state index contributed by atoms with van der Waals surface area (Å²) in [4.78, 5) is 10.5. The van der Waals surface area contributed by atoms with Gasteiger partial charge in [-0.15, -0.1) is 0 Å². The van der Waals surface area contributed by atoms with Crippen molar-refractivity contribution in [3.05, 3.63) is 35.9 Å². The van der Waals surface area contributed by atoms with E-state index in [0.29, 0.717) is 0 Å². The molecule has 1 aromatic rings. The van der Waals surface area contributed by atoms with E-state index in [9.17, 15) is 4.79 Å². The first-order valence-corrected chi connectivity index (χ1v) is 4.03. The Hall–Kier alpha value is -1.35. The highest BCUT2D eigenvalue weighted by molar-refractivity contribution is 5.67. The number of ether oxygens (including phenoxy) is 1. The summed E-state index contributed by atoms with van der Waals surface area (Å²) < 4.78 is 5.07. The molecule has 0 aliphatic rings. The van der Waals surface area contributed by atoms with Gasteiger partial charge in [0.25, 0.3) is 0 Å². The second-order valence-electron chi connectivity index (χ2n) is 2.73. The van der Waals surface area contributed by atoms with Gasteiger partial charge in [-0.25, -0.2) is 0 Å². The second-order valence-corrected chi connectivity index (χ2v) is 2.73. The molecular weight excluding hydrogens is 168 g/mol. The van der Waals surface area contributed by atoms with Crippen LogP contribution in [0.5, 0.6) is 0 Å². The summed E-state index contributed by atoms with van der Waals surface area (Å²) in [5.74, 6) is -0.851. The Morgan fingerprint density at radius 3 is 2.54 bits per heavy atom. The van der Waals surface area contributed by atoms with Crippen LogP contribution in [0, 0.1) is 0 Å². The lowest BCUT2D eigenvalue weighted by molar-refractivity contribution is -0.139. The van der Waals surface area contributed by atoms with Crippen molar-refractivity contribution in [2.24, 2.45) is 0 Å². The zero-order valence-corrected chi connectivity index (χ0v) is 7.43. The average Bonchev–Trinajstić information content (AvgIpc) is 2.15. The number of carboxylic acid groups (broad SMARTS) is 1. The Bertz CT molecular complexity index is 269. The van der Waals surface area contributed by atoms with Gasteiger partial charge in [0.15, 0.2) is 0 Å². The number of carbonyl (C=O) groups is 1. The van der Waals surface area contributed by atoms with E-state index < -0.39 is 5.97 Å². The van der Waals surface area contributed by atoms with Crippen LogP contribution in [0.1, 0.15) is 18.1 Å². The van der Waals surface area contributed by atoms with Crippen molar-refractivity contribution in [1.29, 1.82) is 0 Å². The number of hydrogen-bond donors (Lipinski definition) is 1. The third-order valence-corrected chi connectivity index (χ3v) is 1.82. The van der Waals surface area contributed by atoms with Crippen LogP contribution < -0.4 is 0 Å². The molecular formula is C10H12O3. The van der Waals surface area contributed by atoms with Crippen LogP contribution in [-0.2, 0) is 9.53 Å². The lowest BCUT2D eigenvalue weighted by atomic mass is 10.1. The minimum absolute atomic E-state index is 0.000509. The summed E-state index contributed by atoms with van der Waals surface area (Å²) in [6.45, 7) is 0. The molecule has 0 saturated carbocycles. The zero-order chi connectivity index (χ0) is 9.68. The summed E-state index contributed by atoms with van der Waals surface area (Å²) >= 11 is 0. The second kappa shape index (κ2) is 4.62. The van der Waals surface area contributed by atoms with Crippen LogP contribution in [0.3, 0.4) is 0 Å². The Labute approximate surface area is 77.0 Å². The van der Waals surface area contributed by atoms with Gasteiger partial charge in [0, 0.05) is 7.11 Å². The lowest BCUT2D eigenvalue weighted by Crippen LogP contribution is -2.07. The zero-order valence-electron chi connectivity index (χ0n) is 7.43. The van der Waals surface area contributed by atoms with Crippen LogP contribution in [0.2, 0.25) is 0 Å². The molecule has 0 bridgehead atoms. The predicted octanol–water partition coefficient (Wildman–Crippen LogP) is 1.85. The highest BCUT2D eigenvalue weighted by Gasteiger charge is 2.13. The maximum absolute atomic E-state index is 10.5. The monoisotopic (exact) mass is 180 g/mol. The van der Waals surface area contributed by atoms with Crippen molar-refractivity contribution in [2.45, 2.75) is 12.5 Å². The van der Waals surface area contributed by atoms with E-state index in [1.165, 1.54) is 7.11 Å². The SMILES string of the molecule is CO[C@@H](CC(=O)O)c1ccccc1. The summed E-state index contributed by atoms with van der Waals surface area (Å²) in [7, 11) is 1.51. The smallest absolute Gasteiger partial charge is 0.306 e. The van der Waals surface area contributed by atoms with Crippen molar-refractivity contribution in [3.63, 3.8) is 0 Å². The molecule has 3 heteroatoms. The van der Waals surface area contributed by atoms with Gasteiger partial charge in [-0.3, -0.25) is 4.79 Å². The molecule has 1 N–H and O–H groups in total. The van der Waals surface area contributed by atoms with Crippen molar-refractivity contribution < 1.29 is 14.6 Å². The molecule has 0 aliphatic heterocycles. The van der Waals surface area contributed by atoms with E-state index in [1.807, 2.05) is 30.3 Å². The first-order valence-electron chi connectivity index (χ1n) is 4.03. The summed E-state index contributed by atoms with van der Waals surface area (Å²) in [5.41, 5.74) is 0.896. The average molecular weight is 180 g/mol. The number of aliphatic carboxylic acids is 1. The van der Waals surface area contributed by atoms with Gasteiger partial charge in [0.2, 0.25) is 0 Å². The maximum atomic E-state index is 10.5. The molecule has 1 aromatic carbocycles. The highest BCUT2D eigenvalue weighted by atomic mass is 16.5. The summed E-state index contributed by atoms with van der Waals surface area (Å²) in [5, 5.41) is 8.60. The van der Waals surface area contributed by atoms with Gasteiger partial charge in [0.1, 0.15) is 0 Å². The van der Waals surface area contributed by atoms with Crippen molar-refractivity contribution in [3.8, 4) is 0 Å². The lowest BCUT2D eigenvalue weighted by Gasteiger charge is -2.12. The van der Waals surface area contributed by atoms with Gasteiger partial charge >= 0.3 is 5.97 Å². The fourth-order valence-corrected chi connectivity index (χ4v) is 1.16. The topological polar surface area (TPSA) is 46.5 Å². The molecule has 0 heterocycles. The molecule has 1 rings (SSSR count). The molecule has 0 unspecified atom stereocenters. The molecule has 13 heavy (non-hydrogen) atoms. The Morgan fingerprint density at radius 2 is 2.08 bits per heavy atom. The third-order valence-electron chi connectivity index (χ3n) is 1.82. The van der Waals surface area contributed by atoms with Crippen LogP contribution in [0.4, 0.5) is 0 Å². The molecule has 70 valence electrons. The number of carboxylic acids is 1. The molecule has 0 radical (unpaired) electrons. The molecule has 0 spiro atoms. The van der Waals surface area contributed by atoms with E-state index in [4.69, 9.17) is 9.84 Å². The van der Waals surface area contributed by atoms with Crippen LogP contribution in [0.15, 0.2) is 30.3 Å². The first kappa shape index (κ1) is 9.74. The molecule has 0 aliphatic carbocycles. The van der Waals surface area contributed by atoms with E-state index in [0.717, 1.165) is 5.56 Å². The standard InChI is InChI=1S/C10H12O3/c1-13-9(7-10(11)12)8-5-3-2-4-6-8/h2-6,9H,7H2,1H3,(H,11,12)/t9-/m0/s1. The number of methoxy groups -OCH3 is 1. The van der Waals surface area contributed by atoms with Crippen LogP contribution in [-0.4, -0.2) is 18.2 Å². The van der Waals surface area contributed by atoms with Gasteiger partial charge in [-0.05, 0) is 5.56 Å². The Kier molecular flexibility index (Phi) is 3.46. The minimum atomic E-state index is -0.851. The fourth-order valence-electron chi connectivity index (χ4n) is 1.16. The largest absolute Gasteiger partial charge is 0.481 e. The summed E-state index contributed by atoms with van der Waals surface area (Å²) in [6, 6.07) is 9.33. The van der Waals surface area contributed by atoms with E-state index in [2.05, 4.69) is 0 Å². The van der Waals surface area contributed by atoms with Crippen LogP contribution >= 0.6 is 0 Å². The minimum Gasteiger partial charge on any atom is -0.481 e. The van der Waals surface area contributed by atoms with Gasteiger partial charge in [-0.2, -0.15) is 0 Å². The molecule has 0 aromatic heterocycles. The van der Waals surface area contributed by atoms with Gasteiger partial charge < -0.3 is 9.84 Å². The van der Waals surface area contributed by atoms with Crippen molar-refractivity contribution >= 4 is 5.97 Å². The number of hydrogen-bond acceptors (Lipinski definition) is 2. The predicted molar refractivity (Wildman–Crippen MR) is 48.4 cm³/mol. The van der Waals surface area contributed by atoms with Gasteiger partial charge in [0.05, 0.1) is 12.5 Å². The molecule has 0 saturated heterocycles. The number of rotatable bonds is 4. The Balaban J connectivity index is 2.73. The summed E-state index contributed by atoms with van der Waals surface area (Å²) in [6.07, 6.45) is -0.348. The molecule has 0 amide bonds. The Morgan fingerprint density at radius 1 is 1.46 bits per heavy atom.